The maximum absolute atomic E-state index is 10.8. The van der Waals surface area contributed by atoms with Gasteiger partial charge in [0.2, 0.25) is 5.03 Å². The molecular weight excluding hydrogens is 292 g/mol. The molecule has 0 aromatic carbocycles. The Kier molecular flexibility index (Phi) is 3.07. The minimum absolute atomic E-state index is 0.0665. The van der Waals surface area contributed by atoms with Crippen LogP contribution in [0, 0.1) is 6.92 Å². The number of aromatic nitrogens is 2. The number of halogens is 1. The molecule has 0 saturated carbocycles. The van der Waals surface area contributed by atoms with Gasteiger partial charge in [-0.1, -0.05) is 0 Å². The Labute approximate surface area is 93.1 Å². The minimum atomic E-state index is -4.57. The fourth-order valence-corrected chi connectivity index (χ4v) is 2.38. The molecular formula is C6H5BrN2O5S. The van der Waals surface area contributed by atoms with Crippen molar-refractivity contribution in [3.8, 4) is 0 Å². The van der Waals surface area contributed by atoms with Gasteiger partial charge in [-0.3, -0.25) is 4.55 Å². The molecule has 0 bridgehead atoms. The standard InChI is InChI=1S/C6H5BrN2O5S/c1-2-8-4(6(10)11)3(7)5(9-2)15(12,13)14/h1H3,(H,10,11)(H,12,13,14). The Balaban J connectivity index is 3.63. The van der Waals surface area contributed by atoms with Crippen LogP contribution in [-0.2, 0) is 10.1 Å². The topological polar surface area (TPSA) is 117 Å². The van der Waals surface area contributed by atoms with Gasteiger partial charge in [-0.15, -0.1) is 0 Å². The molecule has 0 saturated heterocycles. The molecule has 0 aliphatic heterocycles. The summed E-state index contributed by atoms with van der Waals surface area (Å²) in [6.45, 7) is 1.31. The van der Waals surface area contributed by atoms with Crippen molar-refractivity contribution in [3.63, 3.8) is 0 Å². The van der Waals surface area contributed by atoms with Gasteiger partial charge in [0.1, 0.15) is 5.82 Å². The molecule has 7 nitrogen and oxygen atoms in total. The molecule has 0 radical (unpaired) electrons. The van der Waals surface area contributed by atoms with E-state index in [1.165, 1.54) is 6.92 Å². The Bertz CT molecular complexity index is 527. The van der Waals surface area contributed by atoms with Crippen LogP contribution in [0.1, 0.15) is 16.3 Å². The van der Waals surface area contributed by atoms with E-state index in [-0.39, 0.29) is 10.3 Å². The van der Waals surface area contributed by atoms with Crippen molar-refractivity contribution < 1.29 is 22.9 Å². The van der Waals surface area contributed by atoms with E-state index in [4.69, 9.17) is 9.66 Å². The Hall–Kier alpha value is -1.06. The zero-order chi connectivity index (χ0) is 11.8. The lowest BCUT2D eigenvalue weighted by Gasteiger charge is -2.04. The van der Waals surface area contributed by atoms with Crippen LogP contribution in [0.3, 0.4) is 0 Å². The van der Waals surface area contributed by atoms with E-state index in [9.17, 15) is 13.2 Å². The van der Waals surface area contributed by atoms with Crippen LogP contribution in [0.4, 0.5) is 0 Å². The van der Waals surface area contributed by atoms with E-state index in [0.29, 0.717) is 0 Å². The van der Waals surface area contributed by atoms with E-state index in [0.717, 1.165) is 0 Å². The van der Waals surface area contributed by atoms with E-state index >= 15 is 0 Å². The van der Waals surface area contributed by atoms with Gasteiger partial charge in [-0.25, -0.2) is 14.8 Å². The Morgan fingerprint density at radius 1 is 1.40 bits per heavy atom. The molecule has 0 atom stereocenters. The fourth-order valence-electron chi connectivity index (χ4n) is 0.846. The number of carbonyl (C=O) groups is 1. The van der Waals surface area contributed by atoms with Crippen LogP contribution in [0.2, 0.25) is 0 Å². The molecule has 0 aliphatic carbocycles. The summed E-state index contributed by atoms with van der Waals surface area (Å²) in [4.78, 5) is 17.6. The lowest BCUT2D eigenvalue weighted by molar-refractivity contribution is 0.0688. The van der Waals surface area contributed by atoms with E-state index < -0.39 is 26.8 Å². The lowest BCUT2D eigenvalue weighted by atomic mass is 10.4. The number of hydrogen-bond donors (Lipinski definition) is 2. The summed E-state index contributed by atoms with van der Waals surface area (Å²) in [6, 6.07) is 0. The number of hydrogen-bond acceptors (Lipinski definition) is 5. The van der Waals surface area contributed by atoms with E-state index in [1.54, 1.807) is 0 Å². The molecule has 0 spiro atoms. The first kappa shape index (κ1) is 12.0. The average Bonchev–Trinajstić information content (AvgIpc) is 2.06. The number of aryl methyl sites for hydroxylation is 1. The largest absolute Gasteiger partial charge is 0.476 e. The highest BCUT2D eigenvalue weighted by Gasteiger charge is 2.23. The first-order valence-electron chi connectivity index (χ1n) is 3.48. The summed E-state index contributed by atoms with van der Waals surface area (Å²) in [6.07, 6.45) is 0. The molecule has 1 aromatic heterocycles. The Morgan fingerprint density at radius 3 is 2.33 bits per heavy atom. The van der Waals surface area contributed by atoms with Crippen molar-refractivity contribution in [3.05, 3.63) is 16.0 Å². The van der Waals surface area contributed by atoms with Crippen molar-refractivity contribution in [1.82, 2.24) is 9.97 Å². The highest BCUT2D eigenvalue weighted by molar-refractivity contribution is 9.10. The molecule has 1 aromatic rings. The lowest BCUT2D eigenvalue weighted by Crippen LogP contribution is -2.11. The first-order chi connectivity index (χ1) is 6.73. The molecule has 0 amide bonds. The quantitative estimate of drug-likeness (QED) is 0.602. The molecule has 0 aliphatic rings. The molecule has 1 rings (SSSR count). The monoisotopic (exact) mass is 296 g/mol. The number of rotatable bonds is 2. The average molecular weight is 297 g/mol. The molecule has 15 heavy (non-hydrogen) atoms. The van der Waals surface area contributed by atoms with Gasteiger partial charge in [0, 0.05) is 0 Å². The van der Waals surface area contributed by atoms with Gasteiger partial charge < -0.3 is 5.11 Å². The van der Waals surface area contributed by atoms with Crippen LogP contribution in [0.5, 0.6) is 0 Å². The summed E-state index contributed by atoms with van der Waals surface area (Å²) in [5, 5.41) is 7.93. The zero-order valence-electron chi connectivity index (χ0n) is 7.30. The Morgan fingerprint density at radius 2 is 1.93 bits per heavy atom. The second-order valence-electron chi connectivity index (χ2n) is 2.52. The maximum Gasteiger partial charge on any atom is 0.355 e. The normalized spacial score (nSPS) is 11.4. The fraction of sp³-hybridized carbons (Fsp3) is 0.167. The molecule has 82 valence electrons. The van der Waals surface area contributed by atoms with Crippen molar-refractivity contribution in [1.29, 1.82) is 0 Å². The van der Waals surface area contributed by atoms with Crippen molar-refractivity contribution >= 4 is 32.0 Å². The predicted octanol–water partition coefficient (Wildman–Crippen LogP) is 0.492. The van der Waals surface area contributed by atoms with Gasteiger partial charge in [0.05, 0.1) is 4.47 Å². The van der Waals surface area contributed by atoms with Crippen molar-refractivity contribution in [2.45, 2.75) is 11.9 Å². The van der Waals surface area contributed by atoms with Gasteiger partial charge in [0.25, 0.3) is 0 Å². The zero-order valence-corrected chi connectivity index (χ0v) is 9.70. The number of aromatic carboxylic acids is 1. The third-order valence-corrected chi connectivity index (χ3v) is 3.18. The van der Waals surface area contributed by atoms with E-state index in [1.807, 2.05) is 0 Å². The predicted molar refractivity (Wildman–Crippen MR) is 51.2 cm³/mol. The highest BCUT2D eigenvalue weighted by atomic mass is 79.9. The van der Waals surface area contributed by atoms with Crippen LogP contribution in [0.15, 0.2) is 9.50 Å². The molecule has 0 unspecified atom stereocenters. The van der Waals surface area contributed by atoms with Crippen LogP contribution < -0.4 is 0 Å². The third kappa shape index (κ3) is 2.49. The SMILES string of the molecule is Cc1nc(C(=O)O)c(Br)c(S(=O)(=O)O)n1. The number of nitrogens with zero attached hydrogens (tertiary/aromatic N) is 2. The molecule has 1 heterocycles. The van der Waals surface area contributed by atoms with Gasteiger partial charge in [-0.2, -0.15) is 8.42 Å². The highest BCUT2D eigenvalue weighted by Crippen LogP contribution is 2.22. The first-order valence-corrected chi connectivity index (χ1v) is 5.71. The van der Waals surface area contributed by atoms with Crippen LogP contribution in [-0.4, -0.2) is 34.0 Å². The van der Waals surface area contributed by atoms with Gasteiger partial charge >= 0.3 is 16.1 Å². The number of carboxylic acids is 1. The molecule has 9 heteroatoms. The minimum Gasteiger partial charge on any atom is -0.476 e. The maximum atomic E-state index is 10.8. The molecule has 2 N–H and O–H groups in total. The summed E-state index contributed by atoms with van der Waals surface area (Å²) in [5.74, 6) is -1.49. The summed E-state index contributed by atoms with van der Waals surface area (Å²) >= 11 is 2.71. The van der Waals surface area contributed by atoms with Gasteiger partial charge in [-0.05, 0) is 22.9 Å². The van der Waals surface area contributed by atoms with Crippen LogP contribution >= 0.6 is 15.9 Å². The van der Waals surface area contributed by atoms with Gasteiger partial charge in [0.15, 0.2) is 5.69 Å². The molecule has 0 fully saturated rings. The summed E-state index contributed by atoms with van der Waals surface area (Å²) < 4.78 is 30.0. The smallest absolute Gasteiger partial charge is 0.355 e. The van der Waals surface area contributed by atoms with Crippen molar-refractivity contribution in [2.24, 2.45) is 0 Å². The second kappa shape index (κ2) is 3.83. The summed E-state index contributed by atoms with van der Waals surface area (Å²) in [5.41, 5.74) is -0.518. The number of carboxylic acid groups (broad SMARTS) is 1. The van der Waals surface area contributed by atoms with E-state index in [2.05, 4.69) is 25.9 Å². The van der Waals surface area contributed by atoms with Crippen molar-refractivity contribution in [2.75, 3.05) is 0 Å². The van der Waals surface area contributed by atoms with Crippen LogP contribution in [0.25, 0.3) is 0 Å². The third-order valence-electron chi connectivity index (χ3n) is 1.38. The second-order valence-corrected chi connectivity index (χ2v) is 4.65. The summed E-state index contributed by atoms with van der Waals surface area (Å²) in [7, 11) is -4.57.